The lowest BCUT2D eigenvalue weighted by molar-refractivity contribution is -0.0296. The highest BCUT2D eigenvalue weighted by molar-refractivity contribution is 5.25. The van der Waals surface area contributed by atoms with Crippen molar-refractivity contribution in [3.05, 3.63) is 35.6 Å². The number of nitrogens with zero attached hydrogens (tertiary/aromatic N) is 1. The maximum atomic E-state index is 14.0. The van der Waals surface area contributed by atoms with Crippen molar-refractivity contribution in [3.8, 4) is 0 Å². The van der Waals surface area contributed by atoms with Crippen LogP contribution < -0.4 is 0 Å². The number of hydrogen-bond acceptors (Lipinski definition) is 2. The Morgan fingerprint density at radius 3 is 2.74 bits per heavy atom. The molecule has 106 valence electrons. The average Bonchev–Trinajstić information content (AvgIpc) is 2.38. The first kappa shape index (κ1) is 14.5. The van der Waals surface area contributed by atoms with E-state index in [1.54, 1.807) is 6.07 Å². The van der Waals surface area contributed by atoms with Gasteiger partial charge in [-0.1, -0.05) is 31.0 Å². The van der Waals surface area contributed by atoms with Crippen LogP contribution in [0.5, 0.6) is 0 Å². The minimum atomic E-state index is -0.759. The average molecular weight is 265 g/mol. The second-order valence-electron chi connectivity index (χ2n) is 5.98. The van der Waals surface area contributed by atoms with Gasteiger partial charge in [-0.2, -0.15) is 0 Å². The number of aliphatic hydroxyl groups is 1. The van der Waals surface area contributed by atoms with Crippen molar-refractivity contribution in [2.45, 2.75) is 43.6 Å². The van der Waals surface area contributed by atoms with Crippen molar-refractivity contribution in [2.75, 3.05) is 20.6 Å². The van der Waals surface area contributed by atoms with E-state index in [9.17, 15) is 9.50 Å². The Hall–Kier alpha value is -0.930. The normalized spacial score (nSPS) is 27.7. The minimum absolute atomic E-state index is 0.0672. The van der Waals surface area contributed by atoms with Crippen molar-refractivity contribution < 1.29 is 9.50 Å². The van der Waals surface area contributed by atoms with E-state index >= 15 is 0 Å². The molecule has 3 heteroatoms. The van der Waals surface area contributed by atoms with Gasteiger partial charge in [0.25, 0.3) is 0 Å². The molecule has 0 saturated heterocycles. The van der Waals surface area contributed by atoms with E-state index in [0.29, 0.717) is 12.0 Å². The second-order valence-corrected chi connectivity index (χ2v) is 5.98. The summed E-state index contributed by atoms with van der Waals surface area (Å²) in [4.78, 5) is 2.07. The largest absolute Gasteiger partial charge is 0.389 e. The Morgan fingerprint density at radius 1 is 1.32 bits per heavy atom. The van der Waals surface area contributed by atoms with E-state index < -0.39 is 5.60 Å². The summed E-state index contributed by atoms with van der Waals surface area (Å²) in [5, 5.41) is 11.0. The van der Waals surface area contributed by atoms with Crippen LogP contribution in [-0.2, 0) is 0 Å². The molecule has 0 bridgehead atoms. The predicted molar refractivity (Wildman–Crippen MR) is 75.7 cm³/mol. The molecule has 0 aromatic heterocycles. The van der Waals surface area contributed by atoms with Crippen LogP contribution in [0.1, 0.15) is 43.6 Å². The molecule has 1 saturated carbocycles. The summed E-state index contributed by atoms with van der Waals surface area (Å²) in [7, 11) is 4.01. The Balaban J connectivity index is 2.22. The molecule has 0 radical (unpaired) electrons. The number of rotatable bonds is 4. The predicted octanol–water partition coefficient (Wildman–Crippen LogP) is 3.17. The molecule has 19 heavy (non-hydrogen) atoms. The first-order chi connectivity index (χ1) is 9.03. The molecule has 2 nitrogen and oxygen atoms in total. The van der Waals surface area contributed by atoms with Crippen LogP contribution in [0.2, 0.25) is 0 Å². The van der Waals surface area contributed by atoms with E-state index in [1.165, 1.54) is 6.07 Å². The zero-order chi connectivity index (χ0) is 13.9. The van der Waals surface area contributed by atoms with Crippen LogP contribution in [0.3, 0.4) is 0 Å². The highest BCUT2D eigenvalue weighted by Crippen LogP contribution is 2.43. The summed E-state index contributed by atoms with van der Waals surface area (Å²) >= 11 is 0. The molecule has 1 aliphatic carbocycles. The zero-order valence-electron chi connectivity index (χ0n) is 11.9. The van der Waals surface area contributed by atoms with Gasteiger partial charge in [-0.15, -0.1) is 0 Å². The van der Waals surface area contributed by atoms with Gasteiger partial charge >= 0.3 is 0 Å². The van der Waals surface area contributed by atoms with Gasteiger partial charge in [-0.3, -0.25) is 0 Å². The van der Waals surface area contributed by atoms with Crippen LogP contribution >= 0.6 is 0 Å². The summed E-state index contributed by atoms with van der Waals surface area (Å²) in [5.74, 6) is -0.250. The van der Waals surface area contributed by atoms with E-state index in [-0.39, 0.29) is 11.7 Å². The molecule has 0 heterocycles. The molecule has 2 rings (SSSR count). The highest BCUT2D eigenvalue weighted by atomic mass is 19.1. The first-order valence-electron chi connectivity index (χ1n) is 7.14. The molecule has 1 fully saturated rings. The van der Waals surface area contributed by atoms with Crippen LogP contribution in [0.25, 0.3) is 0 Å². The smallest absolute Gasteiger partial charge is 0.126 e. The van der Waals surface area contributed by atoms with Crippen molar-refractivity contribution in [2.24, 2.45) is 0 Å². The van der Waals surface area contributed by atoms with Gasteiger partial charge in [-0.25, -0.2) is 4.39 Å². The standard InChI is InChI=1S/C16H24FNO/c1-18(2)12-11-16(19)10-6-5-8-14(16)13-7-3-4-9-15(13)17/h3-4,7,9,14,19H,5-6,8,10-12H2,1-2H3/t14-,16+/m1/s1. The van der Waals surface area contributed by atoms with Gasteiger partial charge in [0, 0.05) is 12.5 Å². The summed E-state index contributed by atoms with van der Waals surface area (Å²) in [5.41, 5.74) is -0.0755. The van der Waals surface area contributed by atoms with E-state index in [0.717, 1.165) is 32.2 Å². The second kappa shape index (κ2) is 6.02. The Labute approximate surface area is 115 Å². The van der Waals surface area contributed by atoms with Gasteiger partial charge in [-0.05, 0) is 45.0 Å². The van der Waals surface area contributed by atoms with Crippen molar-refractivity contribution in [3.63, 3.8) is 0 Å². The molecule has 0 unspecified atom stereocenters. The van der Waals surface area contributed by atoms with Crippen LogP contribution in [0.15, 0.2) is 24.3 Å². The number of benzene rings is 1. The summed E-state index contributed by atoms with van der Waals surface area (Å²) < 4.78 is 14.0. The first-order valence-corrected chi connectivity index (χ1v) is 7.14. The quantitative estimate of drug-likeness (QED) is 0.904. The van der Waals surface area contributed by atoms with E-state index in [1.807, 2.05) is 26.2 Å². The molecule has 0 amide bonds. The third-order valence-electron chi connectivity index (χ3n) is 4.27. The number of hydrogen-bond donors (Lipinski definition) is 1. The molecule has 1 N–H and O–H groups in total. The van der Waals surface area contributed by atoms with Crippen LogP contribution in [-0.4, -0.2) is 36.2 Å². The third-order valence-corrected chi connectivity index (χ3v) is 4.27. The van der Waals surface area contributed by atoms with Gasteiger partial charge in [0.15, 0.2) is 0 Å². The third kappa shape index (κ3) is 3.34. The monoisotopic (exact) mass is 265 g/mol. The Morgan fingerprint density at radius 2 is 2.05 bits per heavy atom. The fourth-order valence-corrected chi connectivity index (χ4v) is 3.14. The fourth-order valence-electron chi connectivity index (χ4n) is 3.14. The molecule has 1 aromatic carbocycles. The van der Waals surface area contributed by atoms with Gasteiger partial charge in [0.2, 0.25) is 0 Å². The maximum Gasteiger partial charge on any atom is 0.126 e. The summed E-state index contributed by atoms with van der Waals surface area (Å²) in [6, 6.07) is 6.89. The Kier molecular flexibility index (Phi) is 4.58. The molecular formula is C16H24FNO. The fraction of sp³-hybridized carbons (Fsp3) is 0.625. The van der Waals surface area contributed by atoms with Gasteiger partial charge in [0.1, 0.15) is 5.82 Å². The molecule has 1 aromatic rings. The zero-order valence-corrected chi connectivity index (χ0v) is 11.9. The molecule has 1 aliphatic rings. The van der Waals surface area contributed by atoms with Crippen LogP contribution in [0.4, 0.5) is 4.39 Å². The summed E-state index contributed by atoms with van der Waals surface area (Å²) in [6.07, 6.45) is 4.47. The Bertz CT molecular complexity index is 421. The lowest BCUT2D eigenvalue weighted by Crippen LogP contribution is -2.41. The molecule has 2 atom stereocenters. The maximum absolute atomic E-state index is 14.0. The molecular weight excluding hydrogens is 241 g/mol. The van der Waals surface area contributed by atoms with E-state index in [4.69, 9.17) is 0 Å². The van der Waals surface area contributed by atoms with Crippen molar-refractivity contribution in [1.29, 1.82) is 0 Å². The lowest BCUT2D eigenvalue weighted by Gasteiger charge is -2.41. The molecule has 0 spiro atoms. The van der Waals surface area contributed by atoms with Crippen molar-refractivity contribution >= 4 is 0 Å². The topological polar surface area (TPSA) is 23.5 Å². The molecule has 0 aliphatic heterocycles. The highest BCUT2D eigenvalue weighted by Gasteiger charge is 2.40. The van der Waals surface area contributed by atoms with Crippen LogP contribution in [0, 0.1) is 5.82 Å². The minimum Gasteiger partial charge on any atom is -0.389 e. The SMILES string of the molecule is CN(C)CC[C@@]1(O)CCCC[C@@H]1c1ccccc1F. The van der Waals surface area contributed by atoms with E-state index in [2.05, 4.69) is 4.90 Å². The van der Waals surface area contributed by atoms with Gasteiger partial charge in [0.05, 0.1) is 5.60 Å². The van der Waals surface area contributed by atoms with Gasteiger partial charge < -0.3 is 10.0 Å². The summed E-state index contributed by atoms with van der Waals surface area (Å²) in [6.45, 7) is 0.835. The van der Waals surface area contributed by atoms with Crippen molar-refractivity contribution in [1.82, 2.24) is 4.90 Å². The lowest BCUT2D eigenvalue weighted by atomic mass is 9.70. The number of halogens is 1.